The maximum atomic E-state index is 8.27. The summed E-state index contributed by atoms with van der Waals surface area (Å²) in [5, 5.41) is 22.4. The highest BCUT2D eigenvalue weighted by Crippen LogP contribution is 2.08. The van der Waals surface area contributed by atoms with Crippen LogP contribution in [0.15, 0.2) is 24.3 Å². The zero-order valence-electron chi connectivity index (χ0n) is 22.0. The Morgan fingerprint density at radius 1 is 0.939 bits per heavy atom. The van der Waals surface area contributed by atoms with Gasteiger partial charge in [-0.15, -0.1) is 0 Å². The lowest BCUT2D eigenvalue weighted by Crippen LogP contribution is -2.47. The lowest BCUT2D eigenvalue weighted by molar-refractivity contribution is 0.298. The predicted octanol–water partition coefficient (Wildman–Crippen LogP) is 3.46. The van der Waals surface area contributed by atoms with Gasteiger partial charge in [-0.2, -0.15) is 0 Å². The number of guanidine groups is 2. The van der Waals surface area contributed by atoms with Crippen LogP contribution in [0.2, 0.25) is 0 Å². The summed E-state index contributed by atoms with van der Waals surface area (Å²) in [5.41, 5.74) is 2.64. The van der Waals surface area contributed by atoms with Crippen molar-refractivity contribution >= 4 is 11.9 Å². The summed E-state index contributed by atoms with van der Waals surface area (Å²) in [6, 6.07) is 8.71. The minimum atomic E-state index is 0.195. The Kier molecular flexibility index (Phi) is 14.4. The highest BCUT2D eigenvalue weighted by Gasteiger charge is 2.09. The summed E-state index contributed by atoms with van der Waals surface area (Å²) < 4.78 is 0. The molecule has 188 valence electrons. The lowest BCUT2D eigenvalue weighted by Gasteiger charge is -2.23. The zero-order chi connectivity index (χ0) is 24.6. The molecule has 0 aliphatic carbocycles. The van der Waals surface area contributed by atoms with E-state index in [0.717, 1.165) is 52.0 Å². The third-order valence-corrected chi connectivity index (χ3v) is 5.97. The van der Waals surface area contributed by atoms with Gasteiger partial charge in [0.15, 0.2) is 11.9 Å². The molecule has 1 atom stereocenters. The Morgan fingerprint density at radius 3 is 2.24 bits per heavy atom. The number of likely N-dealkylation sites (N-methyl/N-ethyl adjacent to an activating group) is 2. The van der Waals surface area contributed by atoms with Crippen LogP contribution in [0.1, 0.15) is 50.7 Å². The van der Waals surface area contributed by atoms with Crippen LogP contribution in [0.4, 0.5) is 0 Å². The first-order valence-electron chi connectivity index (χ1n) is 12.5. The monoisotopic (exact) mass is 459 g/mol. The number of hydrogen-bond acceptors (Lipinski definition) is 4. The summed E-state index contributed by atoms with van der Waals surface area (Å²) in [6.45, 7) is 9.21. The van der Waals surface area contributed by atoms with Gasteiger partial charge in [0, 0.05) is 26.7 Å². The van der Waals surface area contributed by atoms with Gasteiger partial charge >= 0.3 is 0 Å². The normalized spacial score (nSPS) is 12.1. The summed E-state index contributed by atoms with van der Waals surface area (Å²) in [4.78, 5) is 6.46. The van der Waals surface area contributed by atoms with Crippen molar-refractivity contribution in [2.75, 3.05) is 60.9 Å². The van der Waals surface area contributed by atoms with Gasteiger partial charge in [0.05, 0.1) is 0 Å². The summed E-state index contributed by atoms with van der Waals surface area (Å²) in [7, 11) is 8.28. The standard InChI is InChI=1S/C26H49N7/c1-7-8-9-16-32(5)18-13-22(2)21-29-25(27)30-26(28)33(6)19-15-24-12-10-11-23(20-24)14-17-31(3)4/h10-12,20,22H,7-9,13-19,21H2,1-6H3,(H4,27,28,29,30). The molecule has 0 fully saturated rings. The highest BCUT2D eigenvalue weighted by atomic mass is 15.3. The molecule has 1 rings (SSSR count). The second kappa shape index (κ2) is 16.5. The lowest BCUT2D eigenvalue weighted by atomic mass is 10.1. The van der Waals surface area contributed by atoms with Crippen molar-refractivity contribution < 1.29 is 0 Å². The van der Waals surface area contributed by atoms with E-state index < -0.39 is 0 Å². The second-order valence-electron chi connectivity index (χ2n) is 9.68. The van der Waals surface area contributed by atoms with Crippen molar-refractivity contribution in [2.24, 2.45) is 5.92 Å². The fraction of sp³-hybridized carbons (Fsp3) is 0.692. The quantitative estimate of drug-likeness (QED) is 0.183. The number of hydrogen-bond donors (Lipinski definition) is 4. The minimum Gasteiger partial charge on any atom is -0.356 e. The van der Waals surface area contributed by atoms with Gasteiger partial charge in [0.2, 0.25) is 0 Å². The molecule has 1 unspecified atom stereocenters. The highest BCUT2D eigenvalue weighted by molar-refractivity contribution is 5.95. The van der Waals surface area contributed by atoms with Crippen LogP contribution in [0, 0.1) is 16.7 Å². The second-order valence-corrected chi connectivity index (χ2v) is 9.68. The maximum absolute atomic E-state index is 8.27. The molecule has 0 saturated heterocycles. The smallest absolute Gasteiger partial charge is 0.197 e. The Balaban J connectivity index is 2.28. The molecule has 0 aliphatic rings. The molecule has 1 aromatic carbocycles. The molecule has 7 heteroatoms. The van der Waals surface area contributed by atoms with Crippen LogP contribution >= 0.6 is 0 Å². The number of benzene rings is 1. The summed E-state index contributed by atoms with van der Waals surface area (Å²) >= 11 is 0. The van der Waals surface area contributed by atoms with E-state index in [1.54, 1.807) is 0 Å². The molecule has 0 aliphatic heterocycles. The molecule has 0 spiro atoms. The zero-order valence-corrected chi connectivity index (χ0v) is 22.0. The number of rotatable bonds is 15. The van der Waals surface area contributed by atoms with Gasteiger partial charge in [-0.1, -0.05) is 51.0 Å². The molecule has 0 bridgehead atoms. The largest absolute Gasteiger partial charge is 0.356 e. The predicted molar refractivity (Wildman–Crippen MR) is 142 cm³/mol. The van der Waals surface area contributed by atoms with Crippen LogP contribution in [-0.4, -0.2) is 87.5 Å². The van der Waals surface area contributed by atoms with Crippen molar-refractivity contribution in [3.05, 3.63) is 35.4 Å². The third-order valence-electron chi connectivity index (χ3n) is 5.97. The average Bonchev–Trinajstić information content (AvgIpc) is 2.78. The Hall–Kier alpha value is -2.12. The number of nitrogens with one attached hydrogen (secondary N) is 4. The van der Waals surface area contributed by atoms with E-state index in [2.05, 4.69) is 79.7 Å². The van der Waals surface area contributed by atoms with E-state index in [9.17, 15) is 0 Å². The van der Waals surface area contributed by atoms with Crippen LogP contribution in [0.5, 0.6) is 0 Å². The maximum Gasteiger partial charge on any atom is 0.197 e. The van der Waals surface area contributed by atoms with E-state index >= 15 is 0 Å². The Bertz CT molecular complexity index is 689. The first kappa shape index (κ1) is 28.9. The first-order chi connectivity index (χ1) is 15.7. The minimum absolute atomic E-state index is 0.195. The van der Waals surface area contributed by atoms with Crippen molar-refractivity contribution in [3.63, 3.8) is 0 Å². The van der Waals surface area contributed by atoms with Crippen LogP contribution in [-0.2, 0) is 12.8 Å². The molecule has 33 heavy (non-hydrogen) atoms. The number of unbranched alkanes of at least 4 members (excludes halogenated alkanes) is 2. The van der Waals surface area contributed by atoms with Gasteiger partial charge in [-0.25, -0.2) is 0 Å². The van der Waals surface area contributed by atoms with Gasteiger partial charge in [-0.3, -0.25) is 16.1 Å². The van der Waals surface area contributed by atoms with Crippen LogP contribution in [0.25, 0.3) is 0 Å². The van der Waals surface area contributed by atoms with E-state index in [1.807, 2.05) is 11.9 Å². The summed E-state index contributed by atoms with van der Waals surface area (Å²) in [5.74, 6) is 0.924. The van der Waals surface area contributed by atoms with Crippen LogP contribution < -0.4 is 10.6 Å². The third kappa shape index (κ3) is 13.9. The van der Waals surface area contributed by atoms with E-state index in [0.29, 0.717) is 5.92 Å². The molecule has 0 heterocycles. The molecular formula is C26H49N7. The topological polar surface area (TPSA) is 81.5 Å². The fourth-order valence-electron chi connectivity index (χ4n) is 3.52. The van der Waals surface area contributed by atoms with Crippen molar-refractivity contribution in [1.82, 2.24) is 25.3 Å². The van der Waals surface area contributed by atoms with E-state index in [4.69, 9.17) is 10.8 Å². The fourth-order valence-corrected chi connectivity index (χ4v) is 3.52. The molecule has 0 saturated carbocycles. The molecule has 0 amide bonds. The molecule has 1 aromatic rings. The van der Waals surface area contributed by atoms with Gasteiger partial charge < -0.3 is 20.0 Å². The Morgan fingerprint density at radius 2 is 1.61 bits per heavy atom. The SMILES string of the molecule is CCCCCN(C)CCC(C)CNC(=N)NC(=N)N(C)CCc1cccc(CCN(C)C)c1. The molecule has 0 radical (unpaired) electrons. The van der Waals surface area contributed by atoms with E-state index in [-0.39, 0.29) is 11.9 Å². The van der Waals surface area contributed by atoms with Crippen molar-refractivity contribution in [2.45, 2.75) is 52.4 Å². The first-order valence-corrected chi connectivity index (χ1v) is 12.5. The molecular weight excluding hydrogens is 410 g/mol. The van der Waals surface area contributed by atoms with E-state index in [1.165, 1.54) is 30.4 Å². The van der Waals surface area contributed by atoms with Gasteiger partial charge in [-0.05, 0) is 77.0 Å². The van der Waals surface area contributed by atoms with Gasteiger partial charge in [0.1, 0.15) is 0 Å². The molecule has 4 N–H and O–H groups in total. The summed E-state index contributed by atoms with van der Waals surface area (Å²) in [6.07, 6.45) is 6.86. The average molecular weight is 460 g/mol. The Labute approximate surface area is 202 Å². The molecule has 7 nitrogen and oxygen atoms in total. The van der Waals surface area contributed by atoms with Crippen molar-refractivity contribution in [3.8, 4) is 0 Å². The van der Waals surface area contributed by atoms with Gasteiger partial charge in [0.25, 0.3) is 0 Å². The number of nitrogens with zero attached hydrogens (tertiary/aromatic N) is 3. The molecule has 0 aromatic heterocycles. The van der Waals surface area contributed by atoms with Crippen LogP contribution in [0.3, 0.4) is 0 Å². The van der Waals surface area contributed by atoms with Crippen molar-refractivity contribution in [1.29, 1.82) is 10.8 Å².